The Hall–Kier alpha value is -3.88. The monoisotopic (exact) mass is 570 g/mol. The van der Waals surface area contributed by atoms with Crippen LogP contribution in [-0.4, -0.2) is 30.6 Å². The van der Waals surface area contributed by atoms with Gasteiger partial charge in [-0.3, -0.25) is 9.59 Å². The van der Waals surface area contributed by atoms with Crippen LogP contribution < -0.4 is 10.6 Å². The Morgan fingerprint density at radius 3 is 2.52 bits per heavy atom. The number of methoxy groups -OCH3 is 1. The number of nitrogens with one attached hydrogen (secondary N) is 2. The molecule has 0 bridgehead atoms. The summed E-state index contributed by atoms with van der Waals surface area (Å²) >= 11 is 2.84. The highest BCUT2D eigenvalue weighted by Crippen LogP contribution is 2.43. The summed E-state index contributed by atoms with van der Waals surface area (Å²) in [6, 6.07) is 25.3. The summed E-state index contributed by atoms with van der Waals surface area (Å²) < 4.78 is 5.08. The molecule has 0 saturated heterocycles. The van der Waals surface area contributed by atoms with Crippen LogP contribution in [0.1, 0.15) is 54.6 Å². The molecule has 6 nitrogen and oxygen atoms in total. The van der Waals surface area contributed by atoms with Crippen molar-refractivity contribution in [3.63, 3.8) is 0 Å². The quantitative estimate of drug-likeness (QED) is 0.174. The fraction of sp³-hybridized carbons (Fsp3) is 0.219. The maximum Gasteiger partial charge on any atom is 0.341 e. The molecule has 0 saturated carbocycles. The van der Waals surface area contributed by atoms with Crippen molar-refractivity contribution in [2.45, 2.75) is 37.0 Å². The number of aryl methyl sites for hydroxylation is 1. The van der Waals surface area contributed by atoms with E-state index < -0.39 is 5.97 Å². The highest BCUT2D eigenvalue weighted by atomic mass is 32.2. The first kappa shape index (κ1) is 27.7. The third kappa shape index (κ3) is 6.29. The predicted molar refractivity (Wildman–Crippen MR) is 162 cm³/mol. The summed E-state index contributed by atoms with van der Waals surface area (Å²) in [6.45, 7) is 1.90. The van der Waals surface area contributed by atoms with Gasteiger partial charge in [-0.1, -0.05) is 54.6 Å². The molecular weight excluding hydrogens is 540 g/mol. The Morgan fingerprint density at radius 2 is 1.75 bits per heavy atom. The first-order valence-electron chi connectivity index (χ1n) is 13.1. The highest BCUT2D eigenvalue weighted by molar-refractivity contribution is 8.00. The van der Waals surface area contributed by atoms with Crippen molar-refractivity contribution in [3.05, 3.63) is 112 Å². The number of esters is 1. The van der Waals surface area contributed by atoms with E-state index in [4.69, 9.17) is 4.74 Å². The highest BCUT2D eigenvalue weighted by Gasteiger charge is 2.30. The molecule has 0 radical (unpaired) electrons. The predicted octanol–water partition coefficient (Wildman–Crippen LogP) is 7.10. The normalized spacial score (nSPS) is 14.2. The molecular formula is C32H30N2O4S2. The van der Waals surface area contributed by atoms with Crippen LogP contribution in [0, 0.1) is 6.92 Å². The zero-order valence-corrected chi connectivity index (χ0v) is 24.0. The Balaban J connectivity index is 1.25. The third-order valence-corrected chi connectivity index (χ3v) is 9.19. The third-order valence-electron chi connectivity index (χ3n) is 7.03. The van der Waals surface area contributed by atoms with Gasteiger partial charge >= 0.3 is 5.97 Å². The Bertz CT molecular complexity index is 1550. The number of hydrogen-bond donors (Lipinski definition) is 2. The van der Waals surface area contributed by atoms with Gasteiger partial charge in [-0.15, -0.1) is 23.1 Å². The molecule has 2 N–H and O–H groups in total. The van der Waals surface area contributed by atoms with Gasteiger partial charge in [-0.05, 0) is 73.1 Å². The molecule has 0 spiro atoms. The second kappa shape index (κ2) is 12.5. The molecule has 1 heterocycles. The van der Waals surface area contributed by atoms with Gasteiger partial charge in [-0.25, -0.2) is 4.79 Å². The number of carbonyl (C=O) groups is 3. The van der Waals surface area contributed by atoms with Gasteiger partial charge in [0.1, 0.15) is 5.00 Å². The number of fused-ring (bicyclic) bond motifs is 1. The van der Waals surface area contributed by atoms with E-state index in [0.29, 0.717) is 27.7 Å². The number of rotatable bonds is 8. The Kier molecular flexibility index (Phi) is 8.67. The van der Waals surface area contributed by atoms with Gasteiger partial charge in [0, 0.05) is 21.0 Å². The van der Waals surface area contributed by atoms with E-state index in [-0.39, 0.29) is 17.6 Å². The molecule has 2 amide bonds. The molecule has 8 heteroatoms. The summed E-state index contributed by atoms with van der Waals surface area (Å²) in [5.74, 6) is -0.260. The second-order valence-corrected chi connectivity index (χ2v) is 11.8. The topological polar surface area (TPSA) is 84.5 Å². The molecule has 5 rings (SSSR count). The van der Waals surface area contributed by atoms with Crippen molar-refractivity contribution < 1.29 is 19.1 Å². The zero-order chi connectivity index (χ0) is 28.1. The summed E-state index contributed by atoms with van der Waals surface area (Å²) in [4.78, 5) is 40.4. The maximum absolute atomic E-state index is 13.0. The second-order valence-electron chi connectivity index (χ2n) is 9.68. The van der Waals surface area contributed by atoms with Crippen molar-refractivity contribution in [3.8, 4) is 0 Å². The number of thiophene rings is 1. The smallest absolute Gasteiger partial charge is 0.341 e. The van der Waals surface area contributed by atoms with Crippen LogP contribution in [0.25, 0.3) is 0 Å². The number of anilines is 2. The van der Waals surface area contributed by atoms with Crippen LogP contribution in [0.15, 0.2) is 83.8 Å². The van der Waals surface area contributed by atoms with Gasteiger partial charge < -0.3 is 15.4 Å². The SMILES string of the molecule is COC(=O)c1c(NC(=O)CSc2cccc(NC(=O)c3ccccc3C)c2)sc2c1CCC(c1ccccc1)C2. The lowest BCUT2D eigenvalue weighted by atomic mass is 9.83. The van der Waals surface area contributed by atoms with E-state index in [1.54, 1.807) is 6.07 Å². The van der Waals surface area contributed by atoms with Crippen LogP contribution in [0.3, 0.4) is 0 Å². The summed E-state index contributed by atoms with van der Waals surface area (Å²) in [6.07, 6.45) is 2.54. The minimum atomic E-state index is -0.421. The molecule has 40 heavy (non-hydrogen) atoms. The minimum Gasteiger partial charge on any atom is -0.465 e. The molecule has 1 atom stereocenters. The van der Waals surface area contributed by atoms with E-state index in [9.17, 15) is 14.4 Å². The lowest BCUT2D eigenvalue weighted by Crippen LogP contribution is -2.17. The van der Waals surface area contributed by atoms with Gasteiger partial charge in [-0.2, -0.15) is 0 Å². The van der Waals surface area contributed by atoms with Crippen molar-refractivity contribution >= 4 is 51.6 Å². The summed E-state index contributed by atoms with van der Waals surface area (Å²) in [5.41, 5.74) is 4.94. The van der Waals surface area contributed by atoms with Crippen molar-refractivity contribution in [2.75, 3.05) is 23.5 Å². The molecule has 4 aromatic rings. The van der Waals surface area contributed by atoms with E-state index in [0.717, 1.165) is 40.2 Å². The Morgan fingerprint density at radius 1 is 0.975 bits per heavy atom. The summed E-state index contributed by atoms with van der Waals surface area (Å²) in [5, 5.41) is 6.46. The molecule has 1 aliphatic rings. The first-order valence-corrected chi connectivity index (χ1v) is 14.9. The average Bonchev–Trinajstić information content (AvgIpc) is 3.33. The van der Waals surface area contributed by atoms with Crippen LogP contribution in [0.5, 0.6) is 0 Å². The molecule has 1 unspecified atom stereocenters. The number of amides is 2. The number of benzene rings is 3. The Labute approximate surface area is 242 Å². The fourth-order valence-corrected chi connectivity index (χ4v) is 7.09. The van der Waals surface area contributed by atoms with Crippen LogP contribution >= 0.6 is 23.1 Å². The largest absolute Gasteiger partial charge is 0.465 e. The van der Waals surface area contributed by atoms with Crippen molar-refractivity contribution in [2.24, 2.45) is 0 Å². The lowest BCUT2D eigenvalue weighted by Gasteiger charge is -2.22. The molecule has 3 aromatic carbocycles. The van der Waals surface area contributed by atoms with E-state index in [1.807, 2.05) is 55.5 Å². The molecule has 1 aliphatic carbocycles. The van der Waals surface area contributed by atoms with E-state index in [1.165, 1.54) is 35.8 Å². The van der Waals surface area contributed by atoms with Gasteiger partial charge in [0.2, 0.25) is 5.91 Å². The number of hydrogen-bond acceptors (Lipinski definition) is 6. The molecule has 0 aliphatic heterocycles. The molecule has 204 valence electrons. The minimum absolute atomic E-state index is 0.158. The molecule has 0 fully saturated rings. The van der Waals surface area contributed by atoms with Gasteiger partial charge in [0.05, 0.1) is 18.4 Å². The van der Waals surface area contributed by atoms with Crippen molar-refractivity contribution in [1.29, 1.82) is 0 Å². The van der Waals surface area contributed by atoms with E-state index >= 15 is 0 Å². The fourth-order valence-electron chi connectivity index (χ4n) is 5.00. The molecule has 1 aromatic heterocycles. The van der Waals surface area contributed by atoms with Crippen LogP contribution in [-0.2, 0) is 22.4 Å². The first-order chi connectivity index (χ1) is 19.4. The average molecular weight is 571 g/mol. The van der Waals surface area contributed by atoms with Crippen LogP contribution in [0.4, 0.5) is 10.7 Å². The zero-order valence-electron chi connectivity index (χ0n) is 22.4. The number of carbonyl (C=O) groups excluding carboxylic acids is 3. The maximum atomic E-state index is 13.0. The van der Waals surface area contributed by atoms with Gasteiger partial charge in [0.25, 0.3) is 5.91 Å². The summed E-state index contributed by atoms with van der Waals surface area (Å²) in [7, 11) is 1.37. The van der Waals surface area contributed by atoms with Crippen LogP contribution in [0.2, 0.25) is 0 Å². The number of thioether (sulfide) groups is 1. The van der Waals surface area contributed by atoms with Gasteiger partial charge in [0.15, 0.2) is 0 Å². The standard InChI is InChI=1S/C32H30N2O4S2/c1-20-9-6-7-14-25(20)30(36)33-23-12-8-13-24(18-23)39-19-28(35)34-31-29(32(37)38-2)26-16-15-22(17-27(26)40-31)21-10-4-3-5-11-21/h3-14,18,22H,15-17,19H2,1-2H3,(H,33,36)(H,34,35). The van der Waals surface area contributed by atoms with E-state index in [2.05, 4.69) is 34.9 Å². The lowest BCUT2D eigenvalue weighted by molar-refractivity contribution is -0.113. The number of ether oxygens (including phenoxy) is 1. The van der Waals surface area contributed by atoms with Crippen molar-refractivity contribution in [1.82, 2.24) is 0 Å².